The number of aliphatic hydroxyl groups excluding tert-OH is 1. The maximum Gasteiger partial charge on any atom is 0.327 e. The van der Waals surface area contributed by atoms with Crippen LogP contribution in [0.3, 0.4) is 0 Å². The molecule has 0 aromatic carbocycles. The normalized spacial score (nSPS) is 15.8. The molecule has 12 nitrogen and oxygen atoms in total. The molecular formula is C19H32N6O6S. The van der Waals surface area contributed by atoms with E-state index >= 15 is 0 Å². The first-order valence-corrected chi connectivity index (χ1v) is 10.7. The van der Waals surface area contributed by atoms with Gasteiger partial charge >= 0.3 is 5.97 Å². The number of carboxylic acids is 1. The molecule has 0 saturated heterocycles. The maximum atomic E-state index is 13.0. The molecule has 0 saturated carbocycles. The van der Waals surface area contributed by atoms with Crippen molar-refractivity contribution < 1.29 is 29.4 Å². The Morgan fingerprint density at radius 2 is 1.62 bits per heavy atom. The Labute approximate surface area is 191 Å². The standard InChI is InChI=1S/C19H32N6O6S/c1-9(2)4-12(16(27)25-14(7-32)19(30)31)23-17(28)13(5-11-6-21-8-22-11)24-18(29)15(20)10(3)26/h6,8-10,12-15,26,32H,4-5,7,20H2,1-3H3,(H,21,22)(H,23,28)(H,24,29)(H,25,27)(H,30,31). The second kappa shape index (κ2) is 13.0. The third-order valence-electron chi connectivity index (χ3n) is 4.57. The van der Waals surface area contributed by atoms with E-state index in [1.165, 1.54) is 19.4 Å². The highest BCUT2D eigenvalue weighted by molar-refractivity contribution is 7.80. The summed E-state index contributed by atoms with van der Waals surface area (Å²) in [5.41, 5.74) is 6.20. The van der Waals surface area contributed by atoms with Crippen molar-refractivity contribution >= 4 is 36.3 Å². The molecule has 180 valence electrons. The zero-order chi connectivity index (χ0) is 24.4. The summed E-state index contributed by atoms with van der Waals surface area (Å²) >= 11 is 3.92. The van der Waals surface area contributed by atoms with Crippen LogP contribution >= 0.6 is 12.6 Å². The molecule has 5 atom stereocenters. The number of imidazole rings is 1. The number of aliphatic hydroxyl groups is 1. The number of aromatic nitrogens is 2. The third kappa shape index (κ3) is 8.85. The topological polar surface area (TPSA) is 200 Å². The van der Waals surface area contributed by atoms with Gasteiger partial charge in [-0.1, -0.05) is 13.8 Å². The number of hydrogen-bond donors (Lipinski definition) is 8. The van der Waals surface area contributed by atoms with Crippen molar-refractivity contribution in [2.24, 2.45) is 11.7 Å². The van der Waals surface area contributed by atoms with Gasteiger partial charge in [-0.2, -0.15) is 12.6 Å². The van der Waals surface area contributed by atoms with Crippen molar-refractivity contribution in [1.29, 1.82) is 0 Å². The number of carboxylic acid groups (broad SMARTS) is 1. The van der Waals surface area contributed by atoms with E-state index in [2.05, 4.69) is 38.5 Å². The molecule has 8 N–H and O–H groups in total. The minimum atomic E-state index is -1.26. The van der Waals surface area contributed by atoms with Gasteiger partial charge in [0.2, 0.25) is 17.7 Å². The fourth-order valence-corrected chi connectivity index (χ4v) is 2.99. The van der Waals surface area contributed by atoms with Gasteiger partial charge in [-0.15, -0.1) is 0 Å². The number of carbonyl (C=O) groups excluding carboxylic acids is 3. The molecule has 1 heterocycles. The van der Waals surface area contributed by atoms with Gasteiger partial charge in [0.05, 0.1) is 12.4 Å². The molecule has 0 fully saturated rings. The lowest BCUT2D eigenvalue weighted by atomic mass is 10.0. The van der Waals surface area contributed by atoms with Crippen LogP contribution in [-0.2, 0) is 25.6 Å². The number of hydrogen-bond acceptors (Lipinski definition) is 8. The Bertz CT molecular complexity index is 772. The third-order valence-corrected chi connectivity index (χ3v) is 4.94. The molecule has 0 aliphatic heterocycles. The highest BCUT2D eigenvalue weighted by Gasteiger charge is 2.31. The van der Waals surface area contributed by atoms with E-state index in [-0.39, 0.29) is 24.5 Å². The number of nitrogens with two attached hydrogens (primary N) is 1. The van der Waals surface area contributed by atoms with Crippen LogP contribution in [0.1, 0.15) is 32.9 Å². The zero-order valence-corrected chi connectivity index (χ0v) is 19.1. The van der Waals surface area contributed by atoms with Crippen LogP contribution in [0, 0.1) is 5.92 Å². The molecule has 1 rings (SSSR count). The lowest BCUT2D eigenvalue weighted by Crippen LogP contribution is -2.59. The van der Waals surface area contributed by atoms with E-state index in [1.54, 1.807) is 0 Å². The monoisotopic (exact) mass is 472 g/mol. The van der Waals surface area contributed by atoms with Gasteiger partial charge in [-0.3, -0.25) is 14.4 Å². The van der Waals surface area contributed by atoms with Crippen molar-refractivity contribution in [2.75, 3.05) is 5.75 Å². The van der Waals surface area contributed by atoms with Gasteiger partial charge in [-0.25, -0.2) is 9.78 Å². The molecule has 1 aromatic rings. The smallest absolute Gasteiger partial charge is 0.327 e. The van der Waals surface area contributed by atoms with Gasteiger partial charge < -0.3 is 36.9 Å². The second-order valence-corrected chi connectivity index (χ2v) is 8.25. The fraction of sp³-hybridized carbons (Fsp3) is 0.632. The molecule has 3 amide bonds. The largest absolute Gasteiger partial charge is 0.480 e. The molecule has 0 aliphatic carbocycles. The molecule has 1 aromatic heterocycles. The quantitative estimate of drug-likeness (QED) is 0.153. The average Bonchev–Trinajstić information content (AvgIpc) is 3.22. The number of thiol groups is 1. The molecule has 0 bridgehead atoms. The van der Waals surface area contributed by atoms with Gasteiger partial charge in [0.25, 0.3) is 0 Å². The van der Waals surface area contributed by atoms with Crippen molar-refractivity contribution in [3.63, 3.8) is 0 Å². The van der Waals surface area contributed by atoms with E-state index in [0.29, 0.717) is 5.69 Å². The maximum absolute atomic E-state index is 13.0. The summed E-state index contributed by atoms with van der Waals surface area (Å²) in [6, 6.07) is -4.65. The summed E-state index contributed by atoms with van der Waals surface area (Å²) in [5.74, 6) is -3.48. The molecule has 0 aliphatic rings. The molecular weight excluding hydrogens is 440 g/mol. The van der Waals surface area contributed by atoms with Crippen molar-refractivity contribution in [3.8, 4) is 0 Å². The summed E-state index contributed by atoms with van der Waals surface area (Å²) in [6.45, 7) is 5.02. The van der Waals surface area contributed by atoms with Crippen LogP contribution in [0.5, 0.6) is 0 Å². The number of aromatic amines is 1. The lowest BCUT2D eigenvalue weighted by molar-refractivity contribution is -0.141. The minimum absolute atomic E-state index is 0.00496. The molecule has 13 heteroatoms. The number of aliphatic carboxylic acids is 1. The predicted octanol–water partition coefficient (Wildman–Crippen LogP) is -1.82. The highest BCUT2D eigenvalue weighted by atomic mass is 32.1. The number of H-pyrrole nitrogens is 1. The van der Waals surface area contributed by atoms with Crippen molar-refractivity contribution in [2.45, 2.75) is 63.9 Å². The molecule has 32 heavy (non-hydrogen) atoms. The summed E-state index contributed by atoms with van der Waals surface area (Å²) in [4.78, 5) is 55.9. The van der Waals surface area contributed by atoms with Crippen LogP contribution in [0.15, 0.2) is 12.5 Å². The van der Waals surface area contributed by atoms with Crippen LogP contribution < -0.4 is 21.7 Å². The highest BCUT2D eigenvalue weighted by Crippen LogP contribution is 2.08. The van der Waals surface area contributed by atoms with E-state index < -0.39 is 54.0 Å². The number of nitrogens with one attached hydrogen (secondary N) is 4. The molecule has 0 spiro atoms. The minimum Gasteiger partial charge on any atom is -0.480 e. The molecule has 0 radical (unpaired) electrons. The first-order chi connectivity index (χ1) is 15.0. The van der Waals surface area contributed by atoms with Crippen LogP contribution in [-0.4, -0.2) is 79.9 Å². The van der Waals surface area contributed by atoms with E-state index in [0.717, 1.165) is 0 Å². The summed E-state index contributed by atoms with van der Waals surface area (Å²) in [7, 11) is 0. The van der Waals surface area contributed by atoms with Crippen molar-refractivity contribution in [1.82, 2.24) is 25.9 Å². The van der Waals surface area contributed by atoms with Crippen LogP contribution in [0.25, 0.3) is 0 Å². The first-order valence-electron chi connectivity index (χ1n) is 10.1. The second-order valence-electron chi connectivity index (χ2n) is 7.88. The summed E-state index contributed by atoms with van der Waals surface area (Å²) < 4.78 is 0. The van der Waals surface area contributed by atoms with E-state index in [1.807, 2.05) is 13.8 Å². The SMILES string of the molecule is CC(C)CC(NC(=O)C(Cc1cnc[nH]1)NC(=O)C(N)C(C)O)C(=O)NC(CS)C(=O)O. The first kappa shape index (κ1) is 27.4. The van der Waals surface area contributed by atoms with Gasteiger partial charge in [0.15, 0.2) is 0 Å². The van der Waals surface area contributed by atoms with Gasteiger partial charge in [-0.05, 0) is 19.3 Å². The summed E-state index contributed by atoms with van der Waals surface area (Å²) in [6.07, 6.45) is 2.00. The van der Waals surface area contributed by atoms with Crippen LogP contribution in [0.2, 0.25) is 0 Å². The summed E-state index contributed by atoms with van der Waals surface area (Å²) in [5, 5.41) is 26.1. The van der Waals surface area contributed by atoms with Crippen LogP contribution in [0.4, 0.5) is 0 Å². The van der Waals surface area contributed by atoms with Gasteiger partial charge in [0.1, 0.15) is 24.2 Å². The number of rotatable bonds is 13. The number of amides is 3. The lowest BCUT2D eigenvalue weighted by Gasteiger charge is -2.26. The average molecular weight is 473 g/mol. The fourth-order valence-electron chi connectivity index (χ4n) is 2.75. The Morgan fingerprint density at radius 3 is 2.09 bits per heavy atom. The van der Waals surface area contributed by atoms with E-state index in [4.69, 9.17) is 10.8 Å². The Kier molecular flexibility index (Phi) is 11.2. The molecule has 5 unspecified atom stereocenters. The zero-order valence-electron chi connectivity index (χ0n) is 18.2. The van der Waals surface area contributed by atoms with E-state index in [9.17, 15) is 24.3 Å². The predicted molar refractivity (Wildman–Crippen MR) is 119 cm³/mol. The number of nitrogens with zero attached hydrogens (tertiary/aromatic N) is 1. The Morgan fingerprint density at radius 1 is 1.06 bits per heavy atom. The Balaban J connectivity index is 3.03. The van der Waals surface area contributed by atoms with Gasteiger partial charge in [0, 0.05) is 24.1 Å². The van der Waals surface area contributed by atoms with Crippen molar-refractivity contribution in [3.05, 3.63) is 18.2 Å². The Hall–Kier alpha value is -2.64. The number of carbonyl (C=O) groups is 4.